The zero-order chi connectivity index (χ0) is 12.2. The van der Waals surface area contributed by atoms with Crippen LogP contribution in [0.3, 0.4) is 0 Å². The first-order chi connectivity index (χ1) is 8.92. The Morgan fingerprint density at radius 2 is 2.22 bits per heavy atom. The molecule has 2 heterocycles. The molecule has 0 saturated carbocycles. The van der Waals surface area contributed by atoms with Crippen molar-refractivity contribution >= 4 is 5.69 Å². The van der Waals surface area contributed by atoms with Gasteiger partial charge in [-0.3, -0.25) is 0 Å². The topological polar surface area (TPSA) is 71.4 Å². The minimum absolute atomic E-state index is 0.756. The summed E-state index contributed by atoms with van der Waals surface area (Å²) in [6, 6.07) is 12.0. The number of rotatable bonds is 4. The summed E-state index contributed by atoms with van der Waals surface area (Å²) >= 11 is 0. The number of hydrogen-bond acceptors (Lipinski definition) is 4. The molecule has 18 heavy (non-hydrogen) atoms. The van der Waals surface area contributed by atoms with Crippen LogP contribution in [0.1, 0.15) is 5.69 Å². The van der Waals surface area contributed by atoms with Gasteiger partial charge in [0, 0.05) is 17.6 Å². The van der Waals surface area contributed by atoms with Crippen molar-refractivity contribution in [3.63, 3.8) is 0 Å². The molecule has 0 saturated heterocycles. The van der Waals surface area contributed by atoms with E-state index in [4.69, 9.17) is 0 Å². The first-order valence-electron chi connectivity index (χ1n) is 5.61. The largest absolute Gasteiger partial charge is 0.379 e. The van der Waals surface area contributed by atoms with Gasteiger partial charge in [-0.25, -0.2) is 4.68 Å². The van der Waals surface area contributed by atoms with Crippen molar-refractivity contribution in [3.8, 4) is 5.69 Å². The van der Waals surface area contributed by atoms with Crippen molar-refractivity contribution in [2.75, 3.05) is 5.32 Å². The number of benzene rings is 1. The molecule has 0 aliphatic carbocycles. The molecule has 0 amide bonds. The lowest BCUT2D eigenvalue weighted by Crippen LogP contribution is -2.01. The Kier molecular flexibility index (Phi) is 2.75. The van der Waals surface area contributed by atoms with E-state index in [9.17, 15) is 0 Å². The lowest BCUT2D eigenvalue weighted by Gasteiger charge is -2.07. The van der Waals surface area contributed by atoms with Crippen molar-refractivity contribution in [1.29, 1.82) is 0 Å². The average molecular weight is 240 g/mol. The van der Waals surface area contributed by atoms with Crippen LogP contribution in [0.4, 0.5) is 5.69 Å². The van der Waals surface area contributed by atoms with Crippen LogP contribution in [0.15, 0.2) is 48.9 Å². The van der Waals surface area contributed by atoms with Crippen molar-refractivity contribution in [1.82, 2.24) is 25.2 Å². The van der Waals surface area contributed by atoms with Gasteiger partial charge in [0.05, 0.1) is 12.2 Å². The van der Waals surface area contributed by atoms with Gasteiger partial charge in [-0.1, -0.05) is 6.07 Å². The van der Waals surface area contributed by atoms with Crippen molar-refractivity contribution in [2.45, 2.75) is 6.54 Å². The maximum atomic E-state index is 3.86. The Balaban J connectivity index is 1.75. The standard InChI is InChI=1S/C12H12N6/c1-3-10(14-8-11-4-2-6-13-11)7-12(5-1)18-9-15-16-17-18/h1-7,9,13-14H,8H2. The van der Waals surface area contributed by atoms with E-state index < -0.39 is 0 Å². The molecule has 6 nitrogen and oxygen atoms in total. The third-order valence-electron chi connectivity index (χ3n) is 2.61. The average Bonchev–Trinajstić information content (AvgIpc) is 3.10. The fraction of sp³-hybridized carbons (Fsp3) is 0.0833. The zero-order valence-corrected chi connectivity index (χ0v) is 9.61. The fourth-order valence-electron chi connectivity index (χ4n) is 1.71. The minimum Gasteiger partial charge on any atom is -0.379 e. The molecule has 1 aromatic carbocycles. The summed E-state index contributed by atoms with van der Waals surface area (Å²) in [4.78, 5) is 3.15. The maximum absolute atomic E-state index is 3.86. The van der Waals surface area contributed by atoms with Crippen LogP contribution in [0.25, 0.3) is 5.69 Å². The summed E-state index contributed by atoms with van der Waals surface area (Å²) in [7, 11) is 0. The summed E-state index contributed by atoms with van der Waals surface area (Å²) in [5.41, 5.74) is 3.09. The van der Waals surface area contributed by atoms with Crippen LogP contribution in [0.5, 0.6) is 0 Å². The number of aromatic amines is 1. The first kappa shape index (κ1) is 10.5. The van der Waals surface area contributed by atoms with Crippen molar-refractivity contribution in [3.05, 3.63) is 54.6 Å². The van der Waals surface area contributed by atoms with E-state index in [1.54, 1.807) is 11.0 Å². The molecule has 0 unspecified atom stereocenters. The molecule has 90 valence electrons. The second kappa shape index (κ2) is 4.70. The summed E-state index contributed by atoms with van der Waals surface area (Å²) in [6.45, 7) is 0.756. The van der Waals surface area contributed by atoms with Crippen LogP contribution in [0, 0.1) is 0 Å². The number of nitrogens with one attached hydrogen (secondary N) is 2. The molecule has 0 radical (unpaired) electrons. The Hall–Kier alpha value is -2.63. The van der Waals surface area contributed by atoms with Crippen LogP contribution >= 0.6 is 0 Å². The van der Waals surface area contributed by atoms with Gasteiger partial charge in [-0.05, 0) is 40.8 Å². The molecule has 0 atom stereocenters. The summed E-state index contributed by atoms with van der Waals surface area (Å²) < 4.78 is 1.62. The number of tetrazole rings is 1. The Morgan fingerprint density at radius 1 is 1.22 bits per heavy atom. The van der Waals surface area contributed by atoms with Crippen molar-refractivity contribution in [2.24, 2.45) is 0 Å². The molecule has 3 rings (SSSR count). The molecule has 3 aromatic rings. The van der Waals surface area contributed by atoms with Crippen molar-refractivity contribution < 1.29 is 0 Å². The Labute approximate surface area is 104 Å². The van der Waals surface area contributed by atoms with E-state index in [0.29, 0.717) is 0 Å². The maximum Gasteiger partial charge on any atom is 0.143 e. The number of nitrogens with zero attached hydrogens (tertiary/aromatic N) is 4. The highest BCUT2D eigenvalue weighted by Crippen LogP contribution is 2.14. The van der Waals surface area contributed by atoms with Crippen LogP contribution in [-0.4, -0.2) is 25.2 Å². The number of anilines is 1. The summed E-state index contributed by atoms with van der Waals surface area (Å²) in [5, 5.41) is 14.4. The van der Waals surface area contributed by atoms with Crippen LogP contribution in [-0.2, 0) is 6.54 Å². The third kappa shape index (κ3) is 2.22. The molecule has 0 aliphatic heterocycles. The molecule has 2 N–H and O–H groups in total. The third-order valence-corrected chi connectivity index (χ3v) is 2.61. The smallest absolute Gasteiger partial charge is 0.143 e. The van der Waals surface area contributed by atoms with E-state index in [0.717, 1.165) is 23.6 Å². The molecule has 2 aromatic heterocycles. The number of H-pyrrole nitrogens is 1. The van der Waals surface area contributed by atoms with E-state index >= 15 is 0 Å². The summed E-state index contributed by atoms with van der Waals surface area (Å²) in [5.74, 6) is 0. The van der Waals surface area contributed by atoms with Gasteiger partial charge >= 0.3 is 0 Å². The van der Waals surface area contributed by atoms with E-state index in [2.05, 4.69) is 25.8 Å². The second-order valence-electron chi connectivity index (χ2n) is 3.85. The van der Waals surface area contributed by atoms with Gasteiger partial charge in [0.15, 0.2) is 0 Å². The highest BCUT2D eigenvalue weighted by molar-refractivity contribution is 5.50. The molecular formula is C12H12N6. The van der Waals surface area contributed by atoms with Crippen LogP contribution in [0.2, 0.25) is 0 Å². The van der Waals surface area contributed by atoms with E-state index in [1.807, 2.05) is 42.6 Å². The van der Waals surface area contributed by atoms with Gasteiger partial charge < -0.3 is 10.3 Å². The first-order valence-corrected chi connectivity index (χ1v) is 5.61. The molecule has 0 aliphatic rings. The van der Waals surface area contributed by atoms with E-state index in [-0.39, 0.29) is 0 Å². The SMILES string of the molecule is c1cc(NCc2ccc[nH]2)cc(-n2cnnn2)c1. The predicted molar refractivity (Wildman–Crippen MR) is 67.3 cm³/mol. The predicted octanol–water partition coefficient (Wildman–Crippen LogP) is 1.60. The fourth-order valence-corrected chi connectivity index (χ4v) is 1.71. The highest BCUT2D eigenvalue weighted by atomic mass is 15.5. The molecule has 6 heteroatoms. The van der Waals surface area contributed by atoms with Gasteiger partial charge in [0.2, 0.25) is 0 Å². The highest BCUT2D eigenvalue weighted by Gasteiger charge is 1.99. The molecule has 0 spiro atoms. The second-order valence-corrected chi connectivity index (χ2v) is 3.85. The monoisotopic (exact) mass is 240 g/mol. The molecule has 0 bridgehead atoms. The zero-order valence-electron chi connectivity index (χ0n) is 9.61. The lowest BCUT2D eigenvalue weighted by molar-refractivity contribution is 0.789. The van der Waals surface area contributed by atoms with Gasteiger partial charge in [0.1, 0.15) is 6.33 Å². The number of hydrogen-bond donors (Lipinski definition) is 2. The van der Waals surface area contributed by atoms with Crippen LogP contribution < -0.4 is 5.32 Å². The van der Waals surface area contributed by atoms with Gasteiger partial charge in [-0.15, -0.1) is 5.10 Å². The Bertz CT molecular complexity index is 599. The Morgan fingerprint density at radius 3 is 3.00 bits per heavy atom. The van der Waals surface area contributed by atoms with Gasteiger partial charge in [-0.2, -0.15) is 0 Å². The lowest BCUT2D eigenvalue weighted by atomic mass is 10.2. The molecular weight excluding hydrogens is 228 g/mol. The molecule has 0 fully saturated rings. The van der Waals surface area contributed by atoms with Gasteiger partial charge in [0.25, 0.3) is 0 Å². The minimum atomic E-state index is 0.756. The summed E-state index contributed by atoms with van der Waals surface area (Å²) in [6.07, 6.45) is 3.48. The van der Waals surface area contributed by atoms with E-state index in [1.165, 1.54) is 0 Å². The number of aromatic nitrogens is 5. The normalized spacial score (nSPS) is 10.4. The quantitative estimate of drug-likeness (QED) is 0.726.